The summed E-state index contributed by atoms with van der Waals surface area (Å²) in [5.41, 5.74) is 0. The molecule has 216 valence electrons. The normalized spacial score (nSPS) is 12.5. The van der Waals surface area contributed by atoms with Crippen LogP contribution >= 0.6 is 0 Å². The first-order valence-electron chi connectivity index (χ1n) is 13.4. The van der Waals surface area contributed by atoms with Gasteiger partial charge < -0.3 is 29.5 Å². The number of carbonyl (C=O) groups excluding carboxylic acids is 2. The van der Waals surface area contributed by atoms with Crippen LogP contribution in [0.25, 0.3) is 0 Å². The molecule has 0 amide bonds. The number of nitrogens with zero attached hydrogens (tertiary/aromatic N) is 1. The summed E-state index contributed by atoms with van der Waals surface area (Å²) in [6, 6.07) is 0. The number of carbonyl (C=O) groups is 2. The van der Waals surface area contributed by atoms with E-state index in [4.69, 9.17) is 9.29 Å². The topological polar surface area (TPSA) is 165 Å². The third-order valence-electron chi connectivity index (χ3n) is 5.64. The third kappa shape index (κ3) is 29.3. The number of ether oxygens (including phenoxy) is 2. The van der Waals surface area contributed by atoms with E-state index in [0.29, 0.717) is 6.42 Å². The van der Waals surface area contributed by atoms with Gasteiger partial charge in [-0.2, -0.15) is 8.42 Å². The molecule has 39 heavy (non-hydrogen) atoms. The number of aliphatic imine (C=N–C) groups is 1. The second kappa shape index (κ2) is 29.5. The fourth-order valence-electron chi connectivity index (χ4n) is 3.50. The molecule has 0 saturated heterocycles. The van der Waals surface area contributed by atoms with Gasteiger partial charge in [0, 0.05) is 0 Å². The van der Waals surface area contributed by atoms with Crippen molar-refractivity contribution in [2.24, 2.45) is 4.99 Å². The molecule has 10 nitrogen and oxygen atoms in total. The van der Waals surface area contributed by atoms with E-state index < -0.39 is 33.7 Å². The van der Waals surface area contributed by atoms with Crippen LogP contribution in [-0.2, 0) is 29.2 Å². The Morgan fingerprint density at radius 3 is 1.92 bits per heavy atom. The van der Waals surface area contributed by atoms with Crippen molar-refractivity contribution in [1.29, 1.82) is 0 Å². The Labute approximate surface area is 279 Å². The molecule has 0 aromatic carbocycles. The number of hydrogen-bond donors (Lipinski definition) is 1. The Morgan fingerprint density at radius 2 is 1.38 bits per heavy atom. The van der Waals surface area contributed by atoms with E-state index in [9.17, 15) is 28.2 Å². The van der Waals surface area contributed by atoms with Gasteiger partial charge >= 0.3 is 65.1 Å². The smallest absolute Gasteiger partial charge is 0.862 e. The standard InChI is InChI=1S/C26H47NO9S.2Na/c1-2-3-4-5-6-7-8-9-10-11-12-13-14-15-16-17-24(28)27-18-19-35-20-21-36-25(29)22-23(26(30)31)37(32,33)34;;/h9-10,23H,2-8,11-22H2,1H3,(H,27,28)(H,30,31)(H,32,33,34);;/q;2*+1/p-2/b10-9+;;. The molecule has 0 bridgehead atoms. The maximum atomic E-state index is 11.8. The summed E-state index contributed by atoms with van der Waals surface area (Å²) >= 11 is 0. The number of esters is 1. The first-order chi connectivity index (χ1) is 17.7. The van der Waals surface area contributed by atoms with Crippen molar-refractivity contribution in [1.82, 2.24) is 0 Å². The van der Waals surface area contributed by atoms with Crippen LogP contribution in [-0.4, -0.2) is 62.4 Å². The van der Waals surface area contributed by atoms with Crippen LogP contribution in [0.15, 0.2) is 17.1 Å². The summed E-state index contributed by atoms with van der Waals surface area (Å²) < 4.78 is 40.3. The van der Waals surface area contributed by atoms with Gasteiger partial charge in [0.2, 0.25) is 0 Å². The van der Waals surface area contributed by atoms with Crippen LogP contribution in [0, 0.1) is 0 Å². The average molecular weight is 594 g/mol. The molecule has 0 aliphatic carbocycles. The average Bonchev–Trinajstić information content (AvgIpc) is 2.83. The molecule has 1 N–H and O–H groups in total. The van der Waals surface area contributed by atoms with E-state index in [1.54, 1.807) is 0 Å². The molecular formula is C26H45NNa2O9S. The Hall–Kier alpha value is 0.0200. The van der Waals surface area contributed by atoms with Gasteiger partial charge in [-0.3, -0.25) is 9.35 Å². The van der Waals surface area contributed by atoms with Gasteiger partial charge in [0.05, 0.1) is 32.1 Å². The van der Waals surface area contributed by atoms with E-state index in [-0.39, 0.29) is 91.4 Å². The number of unbranched alkanes of at least 4 members (excludes halogenated alkanes) is 11. The molecule has 0 aromatic rings. The number of aliphatic carboxylic acids is 1. The molecular weight excluding hydrogens is 548 g/mol. The number of allylic oxidation sites excluding steroid dienone is 2. The maximum Gasteiger partial charge on any atom is 1.00 e. The van der Waals surface area contributed by atoms with Gasteiger partial charge in [-0.25, -0.2) is 0 Å². The molecule has 0 radical (unpaired) electrons. The summed E-state index contributed by atoms with van der Waals surface area (Å²) in [4.78, 5) is 26.0. The molecule has 0 aliphatic rings. The quantitative estimate of drug-likeness (QED) is 0.0218. The molecule has 0 aromatic heterocycles. The predicted molar refractivity (Wildman–Crippen MR) is 138 cm³/mol. The molecule has 1 atom stereocenters. The zero-order chi connectivity index (χ0) is 27.8. The van der Waals surface area contributed by atoms with Crippen molar-refractivity contribution in [2.45, 2.75) is 108 Å². The van der Waals surface area contributed by atoms with E-state index in [0.717, 1.165) is 32.1 Å². The second-order valence-corrected chi connectivity index (χ2v) is 10.6. The van der Waals surface area contributed by atoms with E-state index in [1.165, 1.54) is 51.4 Å². The minimum atomic E-state index is -4.97. The van der Waals surface area contributed by atoms with Crippen LogP contribution in [0.2, 0.25) is 0 Å². The molecule has 0 aliphatic heterocycles. The van der Waals surface area contributed by atoms with Gasteiger partial charge in [-0.1, -0.05) is 70.4 Å². The van der Waals surface area contributed by atoms with Crippen molar-refractivity contribution in [3.8, 4) is 0 Å². The summed E-state index contributed by atoms with van der Waals surface area (Å²) in [5.74, 6) is -3.40. The summed E-state index contributed by atoms with van der Waals surface area (Å²) in [6.07, 6.45) is 19.5. The van der Waals surface area contributed by atoms with Crippen molar-refractivity contribution >= 4 is 28.0 Å². The fourth-order valence-corrected chi connectivity index (χ4v) is 4.09. The minimum absolute atomic E-state index is 0. The van der Waals surface area contributed by atoms with Crippen molar-refractivity contribution < 1.29 is 101 Å². The molecule has 0 heterocycles. The Bertz CT molecular complexity index is 777. The summed E-state index contributed by atoms with van der Waals surface area (Å²) in [5, 5.41) is 20.1. The van der Waals surface area contributed by atoms with Gasteiger partial charge in [0.1, 0.15) is 11.9 Å². The number of rotatable bonds is 25. The predicted octanol–water partition coefficient (Wildman–Crippen LogP) is -3.25. The first-order valence-corrected chi connectivity index (χ1v) is 14.9. The summed E-state index contributed by atoms with van der Waals surface area (Å²) in [6.45, 7) is 2.27. The third-order valence-corrected chi connectivity index (χ3v) is 6.72. The van der Waals surface area contributed by atoms with Gasteiger partial charge in [0.25, 0.3) is 10.1 Å². The zero-order valence-electron chi connectivity index (χ0n) is 24.2. The Kier molecular flexibility index (Phi) is 32.9. The molecule has 0 saturated carbocycles. The van der Waals surface area contributed by atoms with E-state index >= 15 is 0 Å². The van der Waals surface area contributed by atoms with Crippen LogP contribution in [0.3, 0.4) is 0 Å². The van der Waals surface area contributed by atoms with Gasteiger partial charge in [0.15, 0.2) is 0 Å². The molecule has 1 unspecified atom stereocenters. The van der Waals surface area contributed by atoms with Crippen LogP contribution in [0.1, 0.15) is 103 Å². The SMILES string of the molecule is CCCCCCCC/C=C/CCCCCCCC([O-])=NCCOCCOC(=O)CC(C(=O)[O-])S(=O)(=O)O.[Na+].[Na+]. The largest absolute Gasteiger partial charge is 1.00 e. The van der Waals surface area contributed by atoms with Crippen LogP contribution in [0.5, 0.6) is 0 Å². The monoisotopic (exact) mass is 593 g/mol. The molecule has 0 rings (SSSR count). The summed E-state index contributed by atoms with van der Waals surface area (Å²) in [7, 11) is -4.97. The Balaban J connectivity index is -0.00000648. The number of carboxylic acid groups (broad SMARTS) is 1. The molecule has 0 fully saturated rings. The maximum absolute atomic E-state index is 11.8. The van der Waals surface area contributed by atoms with Crippen molar-refractivity contribution in [3.05, 3.63) is 12.2 Å². The number of hydrogen-bond acceptors (Lipinski definition) is 9. The van der Waals surface area contributed by atoms with Gasteiger partial charge in [-0.15, -0.1) is 0 Å². The van der Waals surface area contributed by atoms with E-state index in [2.05, 4.69) is 28.8 Å². The van der Waals surface area contributed by atoms with Gasteiger partial charge in [-0.05, 0) is 44.4 Å². The zero-order valence-corrected chi connectivity index (χ0v) is 29.1. The van der Waals surface area contributed by atoms with Crippen LogP contribution < -0.4 is 69.3 Å². The first kappa shape index (κ1) is 43.5. The van der Waals surface area contributed by atoms with Crippen LogP contribution in [0.4, 0.5) is 0 Å². The minimum Gasteiger partial charge on any atom is -0.862 e. The van der Waals surface area contributed by atoms with Crippen molar-refractivity contribution in [2.75, 3.05) is 26.4 Å². The van der Waals surface area contributed by atoms with Crippen molar-refractivity contribution in [3.63, 3.8) is 0 Å². The fraction of sp³-hybridized carbons (Fsp3) is 0.808. The Morgan fingerprint density at radius 1 is 0.846 bits per heavy atom. The number of carboxylic acids is 1. The van der Waals surface area contributed by atoms with E-state index in [1.807, 2.05) is 0 Å². The molecule has 0 spiro atoms. The second-order valence-electron chi connectivity index (χ2n) is 8.97. The molecule has 13 heteroatoms.